The number of fused-ring (bicyclic) bond motifs is 1. The molecule has 0 bridgehead atoms. The van der Waals surface area contributed by atoms with E-state index in [-0.39, 0.29) is 12.0 Å². The van der Waals surface area contributed by atoms with Crippen LogP contribution < -0.4 is 25.2 Å². The van der Waals surface area contributed by atoms with Gasteiger partial charge in [-0.2, -0.15) is 0 Å². The van der Waals surface area contributed by atoms with Crippen molar-refractivity contribution in [3.63, 3.8) is 0 Å². The van der Waals surface area contributed by atoms with Crippen molar-refractivity contribution < 1.29 is 24.2 Å². The van der Waals surface area contributed by atoms with E-state index in [0.717, 1.165) is 5.56 Å². The summed E-state index contributed by atoms with van der Waals surface area (Å²) in [5, 5.41) is 8.80. The van der Waals surface area contributed by atoms with Gasteiger partial charge in [0.15, 0.2) is 0 Å². The van der Waals surface area contributed by atoms with Crippen molar-refractivity contribution in [2.24, 2.45) is 0 Å². The number of aromatic amines is 1. The SMILES string of the molecule is COc1cc(OC)c2c(=O)[nH]c(-c3ccc(OCCCCC(=O)NO)cc3)nc2c1. The summed E-state index contributed by atoms with van der Waals surface area (Å²) in [6.07, 6.45) is 1.54. The van der Waals surface area contributed by atoms with E-state index in [4.69, 9.17) is 19.4 Å². The van der Waals surface area contributed by atoms with Crippen molar-refractivity contribution in [3.05, 3.63) is 46.8 Å². The molecule has 3 aromatic rings. The molecule has 9 nitrogen and oxygen atoms in total. The molecule has 1 aromatic heterocycles. The molecule has 0 saturated heterocycles. The zero-order valence-electron chi connectivity index (χ0n) is 16.7. The van der Waals surface area contributed by atoms with Gasteiger partial charge in [0, 0.05) is 24.1 Å². The molecule has 9 heteroatoms. The molecule has 30 heavy (non-hydrogen) atoms. The maximum absolute atomic E-state index is 12.6. The molecule has 3 N–H and O–H groups in total. The Morgan fingerprint density at radius 1 is 1.10 bits per heavy atom. The van der Waals surface area contributed by atoms with E-state index < -0.39 is 5.91 Å². The zero-order valence-corrected chi connectivity index (χ0v) is 16.7. The monoisotopic (exact) mass is 413 g/mol. The van der Waals surface area contributed by atoms with Crippen molar-refractivity contribution >= 4 is 16.8 Å². The highest BCUT2D eigenvalue weighted by Gasteiger charge is 2.13. The molecule has 2 aromatic carbocycles. The molecule has 1 heterocycles. The number of H-pyrrole nitrogens is 1. The number of amides is 1. The van der Waals surface area contributed by atoms with Crippen LogP contribution in [0.5, 0.6) is 17.2 Å². The Morgan fingerprint density at radius 3 is 2.53 bits per heavy atom. The standard InChI is InChI=1S/C21H23N3O6/c1-28-15-11-16-19(17(12-15)29-2)21(26)23-20(22-16)13-6-8-14(9-7-13)30-10-4-3-5-18(25)24-27/h6-9,11-12,27H,3-5,10H2,1-2H3,(H,24,25)(H,22,23,26). The summed E-state index contributed by atoms with van der Waals surface area (Å²) in [6, 6.07) is 10.5. The van der Waals surface area contributed by atoms with Gasteiger partial charge in [-0.15, -0.1) is 0 Å². The van der Waals surface area contributed by atoms with Crippen LogP contribution in [0.2, 0.25) is 0 Å². The molecule has 0 fully saturated rings. The highest BCUT2D eigenvalue weighted by Crippen LogP contribution is 2.29. The van der Waals surface area contributed by atoms with E-state index in [0.29, 0.717) is 53.4 Å². The third-order valence-electron chi connectivity index (χ3n) is 4.52. The average molecular weight is 413 g/mol. The van der Waals surface area contributed by atoms with Gasteiger partial charge in [0.2, 0.25) is 5.91 Å². The van der Waals surface area contributed by atoms with Crippen molar-refractivity contribution in [1.29, 1.82) is 0 Å². The lowest BCUT2D eigenvalue weighted by Gasteiger charge is -2.10. The topological polar surface area (TPSA) is 123 Å². The van der Waals surface area contributed by atoms with E-state index >= 15 is 0 Å². The van der Waals surface area contributed by atoms with Crippen LogP contribution in [0.4, 0.5) is 0 Å². The van der Waals surface area contributed by atoms with Gasteiger partial charge in [-0.1, -0.05) is 0 Å². The van der Waals surface area contributed by atoms with Crippen molar-refractivity contribution in [1.82, 2.24) is 15.4 Å². The summed E-state index contributed by atoms with van der Waals surface area (Å²) in [6.45, 7) is 0.447. The van der Waals surface area contributed by atoms with Gasteiger partial charge in [-0.05, 0) is 37.1 Å². The number of hydrogen-bond acceptors (Lipinski definition) is 7. The van der Waals surface area contributed by atoms with Gasteiger partial charge in [0.05, 0.1) is 26.3 Å². The number of ether oxygens (including phenoxy) is 3. The van der Waals surface area contributed by atoms with Gasteiger partial charge in [-0.25, -0.2) is 10.5 Å². The van der Waals surface area contributed by atoms with Gasteiger partial charge in [0.25, 0.3) is 5.56 Å². The van der Waals surface area contributed by atoms with Crippen LogP contribution in [0.1, 0.15) is 19.3 Å². The molecular formula is C21H23N3O6. The Morgan fingerprint density at radius 2 is 1.87 bits per heavy atom. The highest BCUT2D eigenvalue weighted by molar-refractivity contribution is 5.87. The summed E-state index contributed by atoms with van der Waals surface area (Å²) in [5.41, 5.74) is 2.49. The maximum atomic E-state index is 12.6. The fourth-order valence-corrected chi connectivity index (χ4v) is 2.97. The molecule has 0 saturated carbocycles. The van der Waals surface area contributed by atoms with Crippen molar-refractivity contribution in [3.8, 4) is 28.6 Å². The number of nitrogens with zero attached hydrogens (tertiary/aromatic N) is 1. The fraction of sp³-hybridized carbons (Fsp3) is 0.286. The summed E-state index contributed by atoms with van der Waals surface area (Å²) in [4.78, 5) is 30.9. The number of methoxy groups -OCH3 is 2. The highest BCUT2D eigenvalue weighted by atomic mass is 16.5. The van der Waals surface area contributed by atoms with Crippen LogP contribution in [-0.2, 0) is 4.79 Å². The quantitative estimate of drug-likeness (QED) is 0.280. The average Bonchev–Trinajstić information content (AvgIpc) is 2.77. The van der Waals surface area contributed by atoms with E-state index in [2.05, 4.69) is 9.97 Å². The molecule has 0 unspecified atom stereocenters. The van der Waals surface area contributed by atoms with Gasteiger partial charge in [-0.3, -0.25) is 14.8 Å². The van der Waals surface area contributed by atoms with E-state index in [9.17, 15) is 9.59 Å². The normalized spacial score (nSPS) is 10.6. The summed E-state index contributed by atoms with van der Waals surface area (Å²) in [7, 11) is 3.02. The molecule has 0 spiro atoms. The molecule has 0 radical (unpaired) electrons. The second kappa shape index (κ2) is 9.75. The molecule has 0 aliphatic rings. The van der Waals surface area contributed by atoms with E-state index in [1.807, 2.05) is 0 Å². The predicted octanol–water partition coefficient (Wildman–Crippen LogP) is 2.66. The van der Waals surface area contributed by atoms with Crippen LogP contribution >= 0.6 is 0 Å². The molecular weight excluding hydrogens is 390 g/mol. The predicted molar refractivity (Wildman–Crippen MR) is 110 cm³/mol. The molecule has 0 aliphatic heterocycles. The van der Waals surface area contributed by atoms with Gasteiger partial charge in [0.1, 0.15) is 28.5 Å². The molecule has 3 rings (SSSR count). The lowest BCUT2D eigenvalue weighted by atomic mass is 10.1. The van der Waals surface area contributed by atoms with E-state index in [1.165, 1.54) is 14.2 Å². The maximum Gasteiger partial charge on any atom is 0.262 e. The molecule has 158 valence electrons. The number of nitrogens with one attached hydrogen (secondary N) is 2. The Labute approximate surface area is 172 Å². The first-order chi connectivity index (χ1) is 14.5. The van der Waals surface area contributed by atoms with Crippen LogP contribution in [0.25, 0.3) is 22.3 Å². The molecule has 0 atom stereocenters. The van der Waals surface area contributed by atoms with Crippen LogP contribution in [0, 0.1) is 0 Å². The Balaban J connectivity index is 1.74. The lowest BCUT2D eigenvalue weighted by molar-refractivity contribution is -0.129. The lowest BCUT2D eigenvalue weighted by Crippen LogP contribution is -2.18. The second-order valence-electron chi connectivity index (χ2n) is 6.50. The first kappa shape index (κ1) is 21.1. The minimum Gasteiger partial charge on any atom is -0.497 e. The van der Waals surface area contributed by atoms with Crippen LogP contribution in [0.3, 0.4) is 0 Å². The summed E-state index contributed by atoms with van der Waals surface area (Å²) < 4.78 is 16.2. The summed E-state index contributed by atoms with van der Waals surface area (Å²) in [5.74, 6) is 1.61. The number of rotatable bonds is 9. The number of benzene rings is 2. The zero-order chi connectivity index (χ0) is 21.5. The molecule has 1 amide bonds. The third-order valence-corrected chi connectivity index (χ3v) is 4.52. The van der Waals surface area contributed by atoms with Gasteiger partial charge < -0.3 is 19.2 Å². The largest absolute Gasteiger partial charge is 0.497 e. The Bertz CT molecular complexity index is 1080. The minimum atomic E-state index is -0.411. The molecule has 0 aliphatic carbocycles. The first-order valence-electron chi connectivity index (χ1n) is 9.38. The number of carbonyl (C=O) groups excluding carboxylic acids is 1. The number of unbranched alkanes of at least 4 members (excludes halogenated alkanes) is 1. The number of hydrogen-bond donors (Lipinski definition) is 3. The van der Waals surface area contributed by atoms with Crippen molar-refractivity contribution in [2.75, 3.05) is 20.8 Å². The first-order valence-corrected chi connectivity index (χ1v) is 9.38. The second-order valence-corrected chi connectivity index (χ2v) is 6.50. The number of carbonyl (C=O) groups is 1. The van der Waals surface area contributed by atoms with Crippen molar-refractivity contribution in [2.45, 2.75) is 19.3 Å². The van der Waals surface area contributed by atoms with E-state index in [1.54, 1.807) is 41.9 Å². The third kappa shape index (κ3) is 4.87. The van der Waals surface area contributed by atoms with Crippen LogP contribution in [-0.4, -0.2) is 41.9 Å². The minimum absolute atomic E-state index is 0.245. The summed E-state index contributed by atoms with van der Waals surface area (Å²) >= 11 is 0. The number of aromatic nitrogens is 2. The Kier molecular flexibility index (Phi) is 6.87. The van der Waals surface area contributed by atoms with Gasteiger partial charge >= 0.3 is 0 Å². The van der Waals surface area contributed by atoms with Crippen LogP contribution in [0.15, 0.2) is 41.2 Å². The smallest absolute Gasteiger partial charge is 0.262 e. The fourth-order valence-electron chi connectivity index (χ4n) is 2.97. The number of hydroxylamine groups is 1. The Hall–Kier alpha value is -3.59.